The van der Waals surface area contributed by atoms with Crippen LogP contribution in [0.1, 0.15) is 52.0 Å². The molecule has 2 N–H and O–H groups in total. The van der Waals surface area contributed by atoms with Gasteiger partial charge < -0.3 is 14.9 Å². The molecule has 4 rings (SSSR count). The summed E-state index contributed by atoms with van der Waals surface area (Å²) in [5, 5.41) is 6.44. The van der Waals surface area contributed by atoms with Crippen molar-refractivity contribution in [1.29, 1.82) is 0 Å². The van der Waals surface area contributed by atoms with Gasteiger partial charge in [0, 0.05) is 29.4 Å². The molecule has 1 fully saturated rings. The van der Waals surface area contributed by atoms with Crippen LogP contribution >= 0.6 is 11.6 Å². The summed E-state index contributed by atoms with van der Waals surface area (Å²) in [7, 11) is -6.22. The third-order valence-electron chi connectivity index (χ3n) is 7.32. The molecule has 1 aliphatic rings. The summed E-state index contributed by atoms with van der Waals surface area (Å²) in [6.07, 6.45) is 4.03. The quantitative estimate of drug-likeness (QED) is 0.369. The van der Waals surface area contributed by atoms with Gasteiger partial charge in [0.2, 0.25) is 9.84 Å². The molecule has 2 aromatic heterocycles. The van der Waals surface area contributed by atoms with Crippen molar-refractivity contribution in [3.63, 3.8) is 0 Å². The van der Waals surface area contributed by atoms with Crippen LogP contribution in [-0.4, -0.2) is 44.0 Å². The minimum Gasteiger partial charge on any atom is -0.403 e. The van der Waals surface area contributed by atoms with E-state index in [1.54, 1.807) is 23.0 Å². The summed E-state index contributed by atoms with van der Waals surface area (Å²) in [4.78, 5) is 4.13. The van der Waals surface area contributed by atoms with Crippen LogP contribution in [-0.2, 0) is 19.0 Å². The van der Waals surface area contributed by atoms with Crippen molar-refractivity contribution >= 4 is 46.3 Å². The monoisotopic (exact) mass is 550 g/mol. The molecule has 0 bridgehead atoms. The summed E-state index contributed by atoms with van der Waals surface area (Å²) in [5.74, 6) is -0.0780. The van der Waals surface area contributed by atoms with Gasteiger partial charge in [-0.2, -0.15) is 5.10 Å². The van der Waals surface area contributed by atoms with E-state index in [1.165, 1.54) is 0 Å². The number of hydrogen-bond acceptors (Lipinski definition) is 7. The number of ether oxygens (including phenoxy) is 1. The average Bonchev–Trinajstić information content (AvgIpc) is 3.15. The highest BCUT2D eigenvalue weighted by molar-refractivity contribution is 7.91. The van der Waals surface area contributed by atoms with Crippen molar-refractivity contribution in [3.8, 4) is 11.1 Å². The summed E-state index contributed by atoms with van der Waals surface area (Å²) in [6, 6.07) is 5.36. The Bertz CT molecular complexity index is 1390. The van der Waals surface area contributed by atoms with E-state index in [0.29, 0.717) is 34.3 Å². The van der Waals surface area contributed by atoms with Crippen LogP contribution in [0.15, 0.2) is 29.4 Å². The summed E-state index contributed by atoms with van der Waals surface area (Å²) in [5.41, 5.74) is 7.76. The van der Waals surface area contributed by atoms with Gasteiger partial charge in [-0.3, -0.25) is 0 Å². The number of sulfone groups is 1. The molecule has 8 nitrogen and oxygen atoms in total. The molecule has 0 radical (unpaired) electrons. The fourth-order valence-electron chi connectivity index (χ4n) is 4.11. The van der Waals surface area contributed by atoms with Crippen molar-refractivity contribution in [2.75, 3.05) is 18.3 Å². The van der Waals surface area contributed by atoms with Crippen LogP contribution in [0.25, 0.3) is 21.9 Å². The minimum atomic E-state index is -3.90. The van der Waals surface area contributed by atoms with Gasteiger partial charge in [-0.15, -0.1) is 0 Å². The van der Waals surface area contributed by atoms with Gasteiger partial charge in [0.05, 0.1) is 5.02 Å². The van der Waals surface area contributed by atoms with E-state index in [0.717, 1.165) is 30.0 Å². The predicted octanol–water partition coefficient (Wildman–Crippen LogP) is 6.09. The highest BCUT2D eigenvalue weighted by Gasteiger charge is 2.39. The van der Waals surface area contributed by atoms with Gasteiger partial charge in [0.15, 0.2) is 19.6 Å². The maximum absolute atomic E-state index is 13.8. The molecule has 3 aromatic rings. The molecule has 1 aromatic carbocycles. The third kappa shape index (κ3) is 5.19. The Morgan fingerprint density at radius 3 is 2.61 bits per heavy atom. The van der Waals surface area contributed by atoms with Crippen molar-refractivity contribution in [2.24, 2.45) is 0 Å². The number of fused-ring (bicyclic) bond motifs is 1. The Labute approximate surface area is 219 Å². The number of nitrogens with two attached hydrogens (primary N) is 1. The molecular formula is C25H35ClN4O4SSi. The first kappa shape index (κ1) is 27.1. The third-order valence-corrected chi connectivity index (χ3v) is 13.6. The minimum absolute atomic E-state index is 0.0228. The number of anilines is 1. The normalized spacial score (nSPS) is 17.6. The summed E-state index contributed by atoms with van der Waals surface area (Å²) in [6.45, 7) is 12.8. The molecule has 1 atom stereocenters. The Kier molecular flexibility index (Phi) is 7.30. The van der Waals surface area contributed by atoms with Crippen LogP contribution in [0, 0.1) is 6.92 Å². The summed E-state index contributed by atoms with van der Waals surface area (Å²) >= 11 is 6.61. The molecule has 0 saturated carbocycles. The number of benzene rings is 1. The van der Waals surface area contributed by atoms with Crippen LogP contribution in [0.2, 0.25) is 23.2 Å². The zero-order valence-corrected chi connectivity index (χ0v) is 24.3. The van der Waals surface area contributed by atoms with E-state index in [2.05, 4.69) is 30.9 Å². The van der Waals surface area contributed by atoms with Crippen molar-refractivity contribution in [2.45, 2.75) is 76.3 Å². The fourth-order valence-corrected chi connectivity index (χ4v) is 7.52. The summed E-state index contributed by atoms with van der Waals surface area (Å²) < 4.78 is 41.3. The van der Waals surface area contributed by atoms with Crippen molar-refractivity contribution in [1.82, 2.24) is 14.8 Å². The maximum atomic E-state index is 13.8. The van der Waals surface area contributed by atoms with E-state index in [4.69, 9.17) is 26.5 Å². The molecule has 36 heavy (non-hydrogen) atoms. The lowest BCUT2D eigenvalue weighted by molar-refractivity contribution is -0.0412. The molecule has 0 aliphatic carbocycles. The van der Waals surface area contributed by atoms with Crippen LogP contribution in [0.3, 0.4) is 0 Å². The van der Waals surface area contributed by atoms with Gasteiger partial charge >= 0.3 is 0 Å². The van der Waals surface area contributed by atoms with Crippen LogP contribution < -0.4 is 5.73 Å². The van der Waals surface area contributed by atoms with Crippen molar-refractivity contribution in [3.05, 3.63) is 35.1 Å². The van der Waals surface area contributed by atoms with E-state index in [-0.39, 0.29) is 16.3 Å². The second-order valence-electron chi connectivity index (χ2n) is 11.0. The molecule has 0 amide bonds. The molecule has 1 unspecified atom stereocenters. The van der Waals surface area contributed by atoms with Gasteiger partial charge in [0.25, 0.3) is 0 Å². The number of pyridine rings is 1. The van der Waals surface area contributed by atoms with Crippen LogP contribution in [0.5, 0.6) is 0 Å². The first-order chi connectivity index (χ1) is 16.7. The zero-order valence-electron chi connectivity index (χ0n) is 21.8. The average molecular weight is 551 g/mol. The topological polar surface area (TPSA) is 109 Å². The largest absolute Gasteiger partial charge is 0.403 e. The molecule has 1 aliphatic heterocycles. The van der Waals surface area contributed by atoms with E-state index >= 15 is 0 Å². The predicted molar refractivity (Wildman–Crippen MR) is 146 cm³/mol. The number of halogens is 1. The zero-order chi connectivity index (χ0) is 26.5. The highest BCUT2D eigenvalue weighted by atomic mass is 35.5. The molecule has 11 heteroatoms. The number of nitrogens with zero attached hydrogens (tertiary/aromatic N) is 3. The van der Waals surface area contributed by atoms with Gasteiger partial charge in [-0.1, -0.05) is 32.4 Å². The van der Waals surface area contributed by atoms with E-state index in [9.17, 15) is 8.42 Å². The highest BCUT2D eigenvalue weighted by Crippen LogP contribution is 2.40. The number of aromatic nitrogens is 3. The Balaban J connectivity index is 1.87. The Morgan fingerprint density at radius 1 is 1.25 bits per heavy atom. The second-order valence-corrected chi connectivity index (χ2v) is 18.0. The lowest BCUT2D eigenvalue weighted by Gasteiger charge is -2.35. The van der Waals surface area contributed by atoms with Crippen molar-refractivity contribution < 1.29 is 17.6 Å². The number of rotatable bonds is 6. The van der Waals surface area contributed by atoms with Gasteiger partial charge in [0.1, 0.15) is 11.8 Å². The number of hydrogen-bond donors (Lipinski definition) is 1. The lowest BCUT2D eigenvalue weighted by atomic mass is 10.0. The molecule has 3 heterocycles. The molecular weight excluding hydrogens is 516 g/mol. The molecule has 1 saturated heterocycles. The van der Waals surface area contributed by atoms with E-state index in [1.807, 2.05) is 26.1 Å². The van der Waals surface area contributed by atoms with E-state index < -0.39 is 24.1 Å². The standard InChI is InChI=1S/C25H35ClN4O4SSi/c1-16-23(18-11-17-13-21(27)28-14-19(17)20(26)12-18)24(29-30(16)22-9-7-8-10-33-22)35(31,32)15-34-36(5,6)25(2,3)4/h11-14,22H,7-10,15H2,1-6H3,(H2,27,28). The first-order valence-electron chi connectivity index (χ1n) is 12.1. The molecule has 0 spiro atoms. The van der Waals surface area contributed by atoms with Crippen LogP contribution in [0.4, 0.5) is 5.82 Å². The van der Waals surface area contributed by atoms with Gasteiger partial charge in [-0.05, 0) is 73.5 Å². The Morgan fingerprint density at radius 2 is 1.97 bits per heavy atom. The lowest BCUT2D eigenvalue weighted by Crippen LogP contribution is -2.42. The maximum Gasteiger partial charge on any atom is 0.220 e. The second kappa shape index (κ2) is 9.72. The Hall–Kier alpha value is -1.98. The fraction of sp³-hybridized carbons (Fsp3) is 0.520. The first-order valence-corrected chi connectivity index (χ1v) is 17.1. The molecule has 196 valence electrons. The number of nitrogen functional groups attached to an aromatic ring is 1. The SMILES string of the molecule is Cc1c(-c2cc(Cl)c3cnc(N)cc3c2)c(S(=O)(=O)CO[Si](C)(C)C(C)(C)C)nn1C1CCCCO1. The smallest absolute Gasteiger partial charge is 0.220 e. The van der Waals surface area contributed by atoms with Gasteiger partial charge in [-0.25, -0.2) is 18.1 Å².